The van der Waals surface area contributed by atoms with Crippen molar-refractivity contribution in [1.29, 1.82) is 0 Å². The highest BCUT2D eigenvalue weighted by Gasteiger charge is 2.16. The van der Waals surface area contributed by atoms with Crippen molar-refractivity contribution in [1.82, 2.24) is 24.6 Å². The maximum atomic E-state index is 13.6. The predicted molar refractivity (Wildman–Crippen MR) is 79.7 cm³/mol. The fourth-order valence-corrected chi connectivity index (χ4v) is 2.55. The van der Waals surface area contributed by atoms with Crippen LogP contribution in [0.5, 0.6) is 0 Å². The molecule has 0 atom stereocenters. The van der Waals surface area contributed by atoms with Gasteiger partial charge in [0.05, 0.1) is 17.8 Å². The fraction of sp³-hybridized carbons (Fsp3) is 0.0625. The van der Waals surface area contributed by atoms with Crippen molar-refractivity contribution in [3.05, 3.63) is 72.1 Å². The van der Waals surface area contributed by atoms with Crippen LogP contribution in [0.15, 0.2) is 48.9 Å². The van der Waals surface area contributed by atoms with E-state index in [1.807, 2.05) is 0 Å². The molecule has 4 rings (SSSR count). The molecule has 0 saturated heterocycles. The highest BCUT2D eigenvalue weighted by atomic mass is 19.1. The smallest absolute Gasteiger partial charge is 0.139 e. The molecule has 23 heavy (non-hydrogen) atoms. The highest BCUT2D eigenvalue weighted by Crippen LogP contribution is 2.26. The minimum atomic E-state index is -0.362. The van der Waals surface area contributed by atoms with Crippen LogP contribution < -0.4 is 0 Å². The van der Waals surface area contributed by atoms with Crippen molar-refractivity contribution in [3.8, 4) is 11.3 Å². The average molecular weight is 311 g/mol. The minimum Gasteiger partial charge on any atom is -0.300 e. The lowest BCUT2D eigenvalue weighted by atomic mass is 10.1. The summed E-state index contributed by atoms with van der Waals surface area (Å²) in [4.78, 5) is 8.65. The van der Waals surface area contributed by atoms with Gasteiger partial charge in [0.2, 0.25) is 0 Å². The van der Waals surface area contributed by atoms with Crippen LogP contribution in [0.1, 0.15) is 11.5 Å². The van der Waals surface area contributed by atoms with Crippen LogP contribution in [-0.4, -0.2) is 24.6 Å². The first-order valence-corrected chi connectivity index (χ1v) is 6.97. The van der Waals surface area contributed by atoms with E-state index in [-0.39, 0.29) is 11.6 Å². The van der Waals surface area contributed by atoms with Gasteiger partial charge >= 0.3 is 0 Å². The zero-order valence-corrected chi connectivity index (χ0v) is 11.9. The van der Waals surface area contributed by atoms with Gasteiger partial charge < -0.3 is 4.40 Å². The van der Waals surface area contributed by atoms with E-state index in [9.17, 15) is 8.78 Å². The number of imidazole rings is 1. The summed E-state index contributed by atoms with van der Waals surface area (Å²) < 4.78 is 28.5. The number of nitrogens with one attached hydrogen (secondary N) is 1. The molecule has 7 heteroatoms. The second-order valence-electron chi connectivity index (χ2n) is 5.10. The number of fused-ring (bicyclic) bond motifs is 1. The van der Waals surface area contributed by atoms with Crippen LogP contribution in [0.4, 0.5) is 8.78 Å². The first-order chi connectivity index (χ1) is 11.2. The summed E-state index contributed by atoms with van der Waals surface area (Å²) in [5.74, 6) is -0.0425. The second-order valence-corrected chi connectivity index (χ2v) is 5.10. The molecule has 0 unspecified atom stereocenters. The van der Waals surface area contributed by atoms with Crippen LogP contribution >= 0.6 is 0 Å². The molecule has 0 aliphatic heterocycles. The summed E-state index contributed by atoms with van der Waals surface area (Å²) >= 11 is 0. The van der Waals surface area contributed by atoms with E-state index in [1.165, 1.54) is 30.7 Å². The maximum absolute atomic E-state index is 13.6. The summed E-state index contributed by atoms with van der Waals surface area (Å²) in [6.45, 7) is 0. The second kappa shape index (κ2) is 5.28. The van der Waals surface area contributed by atoms with Crippen molar-refractivity contribution < 1.29 is 8.78 Å². The van der Waals surface area contributed by atoms with E-state index in [1.54, 1.807) is 22.6 Å². The fourth-order valence-electron chi connectivity index (χ4n) is 2.55. The van der Waals surface area contributed by atoms with Gasteiger partial charge in [-0.2, -0.15) is 5.10 Å². The Kier molecular flexibility index (Phi) is 3.11. The molecule has 3 aromatic heterocycles. The third-order valence-electron chi connectivity index (χ3n) is 3.60. The Balaban J connectivity index is 1.93. The van der Waals surface area contributed by atoms with Gasteiger partial charge in [-0.25, -0.2) is 18.7 Å². The average Bonchev–Trinajstić information content (AvgIpc) is 3.17. The van der Waals surface area contributed by atoms with Gasteiger partial charge in [-0.1, -0.05) is 0 Å². The van der Waals surface area contributed by atoms with Crippen LogP contribution in [0.2, 0.25) is 0 Å². The topological polar surface area (TPSA) is 58.9 Å². The molecular weight excluding hydrogens is 300 g/mol. The lowest BCUT2D eigenvalue weighted by Crippen LogP contribution is -1.99. The molecule has 0 spiro atoms. The number of hydrogen-bond acceptors (Lipinski definition) is 3. The molecule has 1 N–H and O–H groups in total. The summed E-state index contributed by atoms with van der Waals surface area (Å²) in [6, 6.07) is 9.01. The molecular formula is C16H11F2N5. The van der Waals surface area contributed by atoms with Gasteiger partial charge in [0, 0.05) is 11.8 Å². The Bertz CT molecular complexity index is 958. The standard InChI is InChI=1S/C16H11F2N5/c17-11-3-1-10(2-4-11)16-13(7-14-19-9-20-22-14)23-8-12(18)5-6-15(23)21-16/h1-6,8-9H,7H2,(H,19,20,22). The third-order valence-corrected chi connectivity index (χ3v) is 3.60. The first-order valence-electron chi connectivity index (χ1n) is 6.97. The molecule has 1 aromatic carbocycles. The molecule has 0 aliphatic carbocycles. The Hall–Kier alpha value is -3.09. The number of benzene rings is 1. The van der Waals surface area contributed by atoms with Gasteiger partial charge in [-0.05, 0) is 36.4 Å². The van der Waals surface area contributed by atoms with Crippen LogP contribution in [0.25, 0.3) is 16.9 Å². The largest absolute Gasteiger partial charge is 0.300 e. The minimum absolute atomic E-state index is 0.319. The van der Waals surface area contributed by atoms with E-state index in [0.717, 1.165) is 11.3 Å². The van der Waals surface area contributed by atoms with Crippen molar-refractivity contribution in [2.24, 2.45) is 0 Å². The molecule has 4 aromatic rings. The van der Waals surface area contributed by atoms with E-state index >= 15 is 0 Å². The van der Waals surface area contributed by atoms with Crippen molar-refractivity contribution in [2.45, 2.75) is 6.42 Å². The molecule has 114 valence electrons. The molecule has 0 saturated carbocycles. The first kappa shape index (κ1) is 13.6. The number of aromatic nitrogens is 5. The number of H-pyrrole nitrogens is 1. The summed E-state index contributed by atoms with van der Waals surface area (Å²) in [5.41, 5.74) is 2.78. The SMILES string of the molecule is Fc1ccc(-c2nc3ccc(F)cn3c2Cc2ncn[nH]2)cc1. The Labute approximate surface area is 129 Å². The van der Waals surface area contributed by atoms with Crippen molar-refractivity contribution in [2.75, 3.05) is 0 Å². The van der Waals surface area contributed by atoms with Crippen LogP contribution in [0.3, 0.4) is 0 Å². The monoisotopic (exact) mass is 311 g/mol. The van der Waals surface area contributed by atoms with Crippen LogP contribution in [-0.2, 0) is 6.42 Å². The van der Waals surface area contributed by atoms with E-state index < -0.39 is 0 Å². The molecule has 3 heterocycles. The van der Waals surface area contributed by atoms with Crippen LogP contribution in [0, 0.1) is 11.6 Å². The summed E-state index contributed by atoms with van der Waals surface area (Å²) in [5, 5.41) is 6.61. The molecule has 0 aliphatic rings. The molecule has 0 fully saturated rings. The predicted octanol–water partition coefficient (Wildman–Crippen LogP) is 2.99. The molecule has 0 amide bonds. The lowest BCUT2D eigenvalue weighted by molar-refractivity contribution is 0.618. The van der Waals surface area contributed by atoms with Crippen molar-refractivity contribution in [3.63, 3.8) is 0 Å². The van der Waals surface area contributed by atoms with Gasteiger partial charge in [0.15, 0.2) is 0 Å². The molecule has 0 bridgehead atoms. The number of pyridine rings is 1. The quantitative estimate of drug-likeness (QED) is 0.633. The number of rotatable bonds is 3. The third kappa shape index (κ3) is 2.46. The van der Waals surface area contributed by atoms with Gasteiger partial charge in [-0.15, -0.1) is 0 Å². The van der Waals surface area contributed by atoms with Gasteiger partial charge in [0.25, 0.3) is 0 Å². The number of nitrogens with zero attached hydrogens (tertiary/aromatic N) is 4. The van der Waals surface area contributed by atoms with E-state index in [0.29, 0.717) is 23.6 Å². The Morgan fingerprint density at radius 2 is 1.78 bits per heavy atom. The highest BCUT2D eigenvalue weighted by molar-refractivity contribution is 5.67. The van der Waals surface area contributed by atoms with E-state index in [4.69, 9.17) is 0 Å². The van der Waals surface area contributed by atoms with Crippen molar-refractivity contribution >= 4 is 5.65 Å². The Morgan fingerprint density at radius 3 is 2.52 bits per heavy atom. The lowest BCUT2D eigenvalue weighted by Gasteiger charge is -2.04. The molecule has 0 radical (unpaired) electrons. The molecule has 5 nitrogen and oxygen atoms in total. The maximum Gasteiger partial charge on any atom is 0.139 e. The van der Waals surface area contributed by atoms with Gasteiger partial charge in [0.1, 0.15) is 29.4 Å². The number of aromatic amines is 1. The van der Waals surface area contributed by atoms with E-state index in [2.05, 4.69) is 20.2 Å². The number of hydrogen-bond donors (Lipinski definition) is 1. The summed E-state index contributed by atoms with van der Waals surface area (Å²) in [6.07, 6.45) is 3.19. The summed E-state index contributed by atoms with van der Waals surface area (Å²) in [7, 11) is 0. The Morgan fingerprint density at radius 1 is 1.00 bits per heavy atom. The van der Waals surface area contributed by atoms with Gasteiger partial charge in [-0.3, -0.25) is 5.10 Å². The zero-order chi connectivity index (χ0) is 15.8. The normalized spacial score (nSPS) is 11.2. The zero-order valence-electron chi connectivity index (χ0n) is 11.9. The number of halogens is 2.